The number of nitrogens with one attached hydrogen (secondary N) is 1. The van der Waals surface area contributed by atoms with E-state index < -0.39 is 11.9 Å². The van der Waals surface area contributed by atoms with E-state index in [0.29, 0.717) is 19.0 Å². The maximum Gasteiger partial charge on any atom is 0.309 e. The van der Waals surface area contributed by atoms with Crippen molar-refractivity contribution < 1.29 is 14.7 Å². The van der Waals surface area contributed by atoms with Crippen LogP contribution in [0.2, 0.25) is 0 Å². The minimum Gasteiger partial charge on any atom is -0.481 e. The number of nitrogens with zero attached hydrogens (tertiary/aromatic N) is 1. The number of hydrogen-bond donors (Lipinski definition) is 2. The van der Waals surface area contributed by atoms with Crippen LogP contribution in [0.5, 0.6) is 0 Å². The average Bonchev–Trinajstić information content (AvgIpc) is 2.26. The number of hydrogen-bond acceptors (Lipinski definition) is 3. The summed E-state index contributed by atoms with van der Waals surface area (Å²) in [5.74, 6) is -0.981. The van der Waals surface area contributed by atoms with E-state index in [1.165, 1.54) is 0 Å². The third kappa shape index (κ3) is 3.87. The van der Waals surface area contributed by atoms with Gasteiger partial charge in [-0.3, -0.25) is 14.5 Å². The Morgan fingerprint density at radius 2 is 2.33 bits per heavy atom. The van der Waals surface area contributed by atoms with Gasteiger partial charge in [0, 0.05) is 19.6 Å². The van der Waals surface area contributed by atoms with Gasteiger partial charge in [-0.1, -0.05) is 13.8 Å². The molecule has 0 bridgehead atoms. The molecule has 0 aromatic rings. The van der Waals surface area contributed by atoms with Crippen LogP contribution in [0.1, 0.15) is 13.8 Å². The lowest BCUT2D eigenvalue weighted by atomic mass is 10.1. The molecule has 0 radical (unpaired) electrons. The van der Waals surface area contributed by atoms with Gasteiger partial charge in [-0.25, -0.2) is 0 Å². The van der Waals surface area contributed by atoms with Crippen LogP contribution in [0.4, 0.5) is 0 Å². The molecule has 1 rings (SSSR count). The number of carboxylic acid groups (broad SMARTS) is 1. The highest BCUT2D eigenvalue weighted by Crippen LogP contribution is 2.07. The van der Waals surface area contributed by atoms with Crippen LogP contribution in [-0.4, -0.2) is 48.1 Å². The summed E-state index contributed by atoms with van der Waals surface area (Å²) in [6, 6.07) is 0. The topological polar surface area (TPSA) is 69.6 Å². The van der Waals surface area contributed by atoms with Gasteiger partial charge in [0.1, 0.15) is 0 Å². The van der Waals surface area contributed by atoms with Crippen molar-refractivity contribution in [2.24, 2.45) is 11.8 Å². The molecule has 1 atom stereocenters. The summed E-state index contributed by atoms with van der Waals surface area (Å²) in [5.41, 5.74) is 0. The lowest BCUT2D eigenvalue weighted by Gasteiger charge is -2.22. The molecule has 1 fully saturated rings. The minimum atomic E-state index is -0.842. The second-order valence-electron chi connectivity index (χ2n) is 4.43. The van der Waals surface area contributed by atoms with Crippen LogP contribution >= 0.6 is 0 Å². The van der Waals surface area contributed by atoms with Crippen molar-refractivity contribution >= 4 is 11.9 Å². The molecule has 86 valence electrons. The number of carboxylic acids is 1. The SMILES string of the molecule is CC(C)CN1CC(=O)NCC(C(=O)O)C1. The predicted molar refractivity (Wildman–Crippen MR) is 55.4 cm³/mol. The quantitative estimate of drug-likeness (QED) is 0.681. The molecule has 0 aromatic carbocycles. The second kappa shape index (κ2) is 5.11. The number of carbonyl (C=O) groups is 2. The van der Waals surface area contributed by atoms with Crippen molar-refractivity contribution in [3.05, 3.63) is 0 Å². The van der Waals surface area contributed by atoms with Crippen LogP contribution in [0.15, 0.2) is 0 Å². The molecule has 0 aliphatic carbocycles. The summed E-state index contributed by atoms with van der Waals surface area (Å²) < 4.78 is 0. The first-order valence-electron chi connectivity index (χ1n) is 5.21. The van der Waals surface area contributed by atoms with Gasteiger partial charge in [-0.15, -0.1) is 0 Å². The number of rotatable bonds is 3. The molecular weight excluding hydrogens is 196 g/mol. The fraction of sp³-hybridized carbons (Fsp3) is 0.800. The molecule has 1 amide bonds. The summed E-state index contributed by atoms with van der Waals surface area (Å²) >= 11 is 0. The van der Waals surface area contributed by atoms with Crippen LogP contribution in [0, 0.1) is 11.8 Å². The fourth-order valence-electron chi connectivity index (χ4n) is 1.76. The van der Waals surface area contributed by atoms with E-state index in [1.54, 1.807) is 0 Å². The highest BCUT2D eigenvalue weighted by atomic mass is 16.4. The van der Waals surface area contributed by atoms with Crippen LogP contribution < -0.4 is 5.32 Å². The van der Waals surface area contributed by atoms with Gasteiger partial charge in [0.2, 0.25) is 5.91 Å². The van der Waals surface area contributed by atoms with E-state index >= 15 is 0 Å². The highest BCUT2D eigenvalue weighted by molar-refractivity contribution is 5.80. The summed E-state index contributed by atoms with van der Waals surface area (Å²) in [6.07, 6.45) is 0. The second-order valence-corrected chi connectivity index (χ2v) is 4.43. The molecular formula is C10H18N2O3. The number of carbonyl (C=O) groups excluding carboxylic acids is 1. The third-order valence-electron chi connectivity index (χ3n) is 2.36. The first kappa shape index (κ1) is 12.0. The third-order valence-corrected chi connectivity index (χ3v) is 2.36. The molecule has 1 unspecified atom stereocenters. The largest absolute Gasteiger partial charge is 0.481 e. The van der Waals surface area contributed by atoms with E-state index in [2.05, 4.69) is 19.2 Å². The van der Waals surface area contributed by atoms with E-state index in [1.807, 2.05) is 4.90 Å². The molecule has 0 aromatic heterocycles. The first-order chi connectivity index (χ1) is 6.99. The predicted octanol–water partition coefficient (Wildman–Crippen LogP) is -0.225. The Balaban J connectivity index is 2.61. The molecule has 1 saturated heterocycles. The van der Waals surface area contributed by atoms with Gasteiger partial charge in [0.25, 0.3) is 0 Å². The van der Waals surface area contributed by atoms with E-state index in [4.69, 9.17) is 5.11 Å². The number of aliphatic carboxylic acids is 1. The molecule has 15 heavy (non-hydrogen) atoms. The maximum atomic E-state index is 11.3. The Hall–Kier alpha value is -1.10. The Labute approximate surface area is 89.4 Å². The lowest BCUT2D eigenvalue weighted by molar-refractivity contribution is -0.142. The van der Waals surface area contributed by atoms with Crippen molar-refractivity contribution in [3.8, 4) is 0 Å². The summed E-state index contributed by atoms with van der Waals surface area (Å²) in [5, 5.41) is 11.5. The van der Waals surface area contributed by atoms with Crippen molar-refractivity contribution in [3.63, 3.8) is 0 Å². The van der Waals surface area contributed by atoms with Gasteiger partial charge in [0.05, 0.1) is 12.5 Å². The molecule has 5 nitrogen and oxygen atoms in total. The maximum absolute atomic E-state index is 11.3. The summed E-state index contributed by atoms with van der Waals surface area (Å²) in [7, 11) is 0. The van der Waals surface area contributed by atoms with Crippen LogP contribution in [0.25, 0.3) is 0 Å². The average molecular weight is 214 g/mol. The molecule has 1 heterocycles. The molecule has 1 aliphatic rings. The normalized spacial score (nSPS) is 23.7. The standard InChI is InChI=1S/C10H18N2O3/c1-7(2)4-12-5-8(10(14)15)3-11-9(13)6-12/h7-8H,3-6H2,1-2H3,(H,11,13)(H,14,15). The lowest BCUT2D eigenvalue weighted by Crippen LogP contribution is -2.36. The number of amides is 1. The zero-order valence-corrected chi connectivity index (χ0v) is 9.19. The van der Waals surface area contributed by atoms with Crippen molar-refractivity contribution in [1.29, 1.82) is 0 Å². The van der Waals surface area contributed by atoms with Crippen LogP contribution in [0.3, 0.4) is 0 Å². The van der Waals surface area contributed by atoms with Gasteiger partial charge < -0.3 is 10.4 Å². The van der Waals surface area contributed by atoms with E-state index in [9.17, 15) is 9.59 Å². The van der Waals surface area contributed by atoms with Crippen molar-refractivity contribution in [2.75, 3.05) is 26.2 Å². The zero-order valence-electron chi connectivity index (χ0n) is 9.19. The van der Waals surface area contributed by atoms with Gasteiger partial charge in [-0.2, -0.15) is 0 Å². The fourth-order valence-corrected chi connectivity index (χ4v) is 1.76. The minimum absolute atomic E-state index is 0.0839. The Bertz CT molecular complexity index is 253. The van der Waals surface area contributed by atoms with Gasteiger partial charge >= 0.3 is 5.97 Å². The smallest absolute Gasteiger partial charge is 0.309 e. The molecule has 0 spiro atoms. The molecule has 0 saturated carbocycles. The summed E-state index contributed by atoms with van der Waals surface area (Å²) in [6.45, 7) is 5.87. The van der Waals surface area contributed by atoms with Crippen LogP contribution in [-0.2, 0) is 9.59 Å². The summed E-state index contributed by atoms with van der Waals surface area (Å²) in [4.78, 5) is 24.1. The Morgan fingerprint density at radius 3 is 2.87 bits per heavy atom. The van der Waals surface area contributed by atoms with Crippen molar-refractivity contribution in [1.82, 2.24) is 10.2 Å². The highest BCUT2D eigenvalue weighted by Gasteiger charge is 2.26. The molecule has 2 N–H and O–H groups in total. The van der Waals surface area contributed by atoms with Gasteiger partial charge in [0.15, 0.2) is 0 Å². The van der Waals surface area contributed by atoms with Gasteiger partial charge in [-0.05, 0) is 5.92 Å². The van der Waals surface area contributed by atoms with E-state index in [-0.39, 0.29) is 12.5 Å². The van der Waals surface area contributed by atoms with Crippen molar-refractivity contribution in [2.45, 2.75) is 13.8 Å². The zero-order chi connectivity index (χ0) is 11.4. The Kier molecular flexibility index (Phi) is 4.08. The molecule has 5 heteroatoms. The molecule has 1 aliphatic heterocycles. The monoisotopic (exact) mass is 214 g/mol. The van der Waals surface area contributed by atoms with E-state index in [0.717, 1.165) is 6.54 Å². The first-order valence-corrected chi connectivity index (χ1v) is 5.21. The Morgan fingerprint density at radius 1 is 1.67 bits per heavy atom.